The van der Waals surface area contributed by atoms with E-state index >= 15 is 0 Å². The van der Waals surface area contributed by atoms with Gasteiger partial charge in [0.25, 0.3) is 11.1 Å². The Balaban J connectivity index is 1.75. The fourth-order valence-electron chi connectivity index (χ4n) is 2.53. The zero-order chi connectivity index (χ0) is 21.1. The number of anilines is 1. The minimum Gasteiger partial charge on any atom is -0.503 e. The van der Waals surface area contributed by atoms with Crippen LogP contribution in [-0.2, 0) is 9.59 Å². The molecule has 1 heterocycles. The van der Waals surface area contributed by atoms with Crippen LogP contribution in [0.25, 0.3) is 6.08 Å². The maximum atomic E-state index is 12.6. The van der Waals surface area contributed by atoms with E-state index in [1.54, 1.807) is 24.3 Å². The van der Waals surface area contributed by atoms with Crippen LogP contribution in [0, 0.1) is 0 Å². The van der Waals surface area contributed by atoms with Crippen molar-refractivity contribution in [2.45, 2.75) is 0 Å². The first-order chi connectivity index (χ1) is 13.8. The Morgan fingerprint density at radius 2 is 2.03 bits per heavy atom. The number of halogens is 2. The predicted octanol–water partition coefficient (Wildman–Crippen LogP) is 4.38. The Morgan fingerprint density at radius 1 is 1.28 bits per heavy atom. The smallest absolute Gasteiger partial charge is 0.294 e. The van der Waals surface area contributed by atoms with Gasteiger partial charge in [0.1, 0.15) is 6.54 Å². The molecule has 0 unspecified atom stereocenters. The first-order valence-corrected chi connectivity index (χ1v) is 9.73. The van der Waals surface area contributed by atoms with E-state index in [-0.39, 0.29) is 21.4 Å². The number of thioether (sulfide) groups is 1. The zero-order valence-corrected chi connectivity index (χ0v) is 17.3. The fraction of sp³-hybridized carbons (Fsp3) is 0.105. The molecule has 0 radical (unpaired) electrons. The SMILES string of the molecule is COc1cc(/C=C2\SC(=O)N(CC(=O)Nc3cccc(Cl)c3)C2=O)cc(Cl)c1O. The van der Waals surface area contributed by atoms with Crippen LogP contribution < -0.4 is 10.1 Å². The summed E-state index contributed by atoms with van der Waals surface area (Å²) < 4.78 is 5.02. The Kier molecular flexibility index (Phi) is 6.36. The molecule has 2 N–H and O–H groups in total. The summed E-state index contributed by atoms with van der Waals surface area (Å²) in [5.41, 5.74) is 0.911. The number of nitrogens with one attached hydrogen (secondary N) is 1. The van der Waals surface area contributed by atoms with E-state index in [1.165, 1.54) is 25.3 Å². The highest BCUT2D eigenvalue weighted by Gasteiger charge is 2.36. The second-order valence-electron chi connectivity index (χ2n) is 5.88. The number of aromatic hydroxyl groups is 1. The molecule has 2 aromatic carbocycles. The van der Waals surface area contributed by atoms with Crippen molar-refractivity contribution < 1.29 is 24.2 Å². The van der Waals surface area contributed by atoms with Gasteiger partial charge < -0.3 is 15.2 Å². The van der Waals surface area contributed by atoms with Crippen LogP contribution in [0.3, 0.4) is 0 Å². The van der Waals surface area contributed by atoms with E-state index in [4.69, 9.17) is 27.9 Å². The molecular weight excluding hydrogens is 439 g/mol. The van der Waals surface area contributed by atoms with E-state index < -0.39 is 23.6 Å². The van der Waals surface area contributed by atoms with Crippen LogP contribution in [0.4, 0.5) is 10.5 Å². The van der Waals surface area contributed by atoms with Crippen molar-refractivity contribution in [3.8, 4) is 11.5 Å². The van der Waals surface area contributed by atoms with Crippen molar-refractivity contribution in [1.29, 1.82) is 0 Å². The molecule has 1 aliphatic heterocycles. The highest BCUT2D eigenvalue weighted by Crippen LogP contribution is 2.37. The number of hydrogen-bond acceptors (Lipinski definition) is 6. The normalized spacial score (nSPS) is 15.1. The number of carbonyl (C=O) groups is 3. The van der Waals surface area contributed by atoms with Crippen molar-refractivity contribution in [2.75, 3.05) is 19.0 Å². The van der Waals surface area contributed by atoms with Gasteiger partial charge >= 0.3 is 0 Å². The second kappa shape index (κ2) is 8.77. The molecule has 0 aromatic heterocycles. The maximum absolute atomic E-state index is 12.6. The van der Waals surface area contributed by atoms with Crippen LogP contribution >= 0.6 is 35.0 Å². The first-order valence-electron chi connectivity index (χ1n) is 8.15. The number of benzene rings is 2. The lowest BCUT2D eigenvalue weighted by Gasteiger charge is -2.12. The van der Waals surface area contributed by atoms with Gasteiger partial charge in [-0.1, -0.05) is 29.3 Å². The second-order valence-corrected chi connectivity index (χ2v) is 7.72. The van der Waals surface area contributed by atoms with Crippen molar-refractivity contribution in [3.63, 3.8) is 0 Å². The number of amides is 3. The van der Waals surface area contributed by atoms with Gasteiger partial charge in [-0.2, -0.15) is 0 Å². The molecule has 1 saturated heterocycles. The van der Waals surface area contributed by atoms with E-state index in [2.05, 4.69) is 5.32 Å². The van der Waals surface area contributed by atoms with Crippen LogP contribution in [0.5, 0.6) is 11.5 Å². The lowest BCUT2D eigenvalue weighted by atomic mass is 10.2. The number of phenols is 1. The number of ether oxygens (including phenoxy) is 1. The number of imide groups is 1. The number of methoxy groups -OCH3 is 1. The van der Waals surface area contributed by atoms with Gasteiger partial charge in [0.2, 0.25) is 5.91 Å². The van der Waals surface area contributed by atoms with Crippen molar-refractivity contribution in [3.05, 3.63) is 56.9 Å². The summed E-state index contributed by atoms with van der Waals surface area (Å²) in [4.78, 5) is 38.0. The van der Waals surface area contributed by atoms with Gasteiger partial charge in [-0.25, -0.2) is 0 Å². The van der Waals surface area contributed by atoms with E-state index in [1.807, 2.05) is 0 Å². The Bertz CT molecular complexity index is 1040. The molecule has 3 rings (SSSR count). The Labute approximate surface area is 180 Å². The Hall–Kier alpha value is -2.68. The molecule has 10 heteroatoms. The predicted molar refractivity (Wildman–Crippen MR) is 112 cm³/mol. The van der Waals surface area contributed by atoms with E-state index in [9.17, 15) is 19.5 Å². The quantitative estimate of drug-likeness (QED) is 0.653. The monoisotopic (exact) mass is 452 g/mol. The molecular formula is C19H14Cl2N2O5S. The fourth-order valence-corrected chi connectivity index (χ4v) is 3.78. The van der Waals surface area contributed by atoms with Gasteiger partial charge in [0.05, 0.1) is 17.0 Å². The maximum Gasteiger partial charge on any atom is 0.294 e. The average Bonchev–Trinajstić information content (AvgIpc) is 2.92. The topological polar surface area (TPSA) is 95.9 Å². The van der Waals surface area contributed by atoms with Crippen LogP contribution in [-0.4, -0.2) is 40.7 Å². The standard InChI is InChI=1S/C19H14Cl2N2O5S/c1-28-14-6-10(5-13(21)17(14)25)7-15-18(26)23(19(27)29-15)9-16(24)22-12-4-2-3-11(20)8-12/h2-8,25H,9H2,1H3,(H,22,24)/b15-7-. The number of hydrogen-bond donors (Lipinski definition) is 2. The average molecular weight is 453 g/mol. The summed E-state index contributed by atoms with van der Waals surface area (Å²) in [6.45, 7) is -0.436. The molecule has 1 fully saturated rings. The van der Waals surface area contributed by atoms with Gasteiger partial charge in [0, 0.05) is 10.7 Å². The lowest BCUT2D eigenvalue weighted by Crippen LogP contribution is -2.36. The molecule has 7 nitrogen and oxygen atoms in total. The molecule has 2 aromatic rings. The van der Waals surface area contributed by atoms with Gasteiger partial charge in [-0.15, -0.1) is 0 Å². The molecule has 150 valence electrons. The molecule has 29 heavy (non-hydrogen) atoms. The molecule has 0 saturated carbocycles. The molecule has 3 amide bonds. The van der Waals surface area contributed by atoms with Crippen LogP contribution in [0.1, 0.15) is 5.56 Å². The highest BCUT2D eigenvalue weighted by atomic mass is 35.5. The summed E-state index contributed by atoms with van der Waals surface area (Å²) in [7, 11) is 1.36. The molecule has 1 aliphatic rings. The van der Waals surface area contributed by atoms with Gasteiger partial charge in [0.15, 0.2) is 11.5 Å². The third-order valence-electron chi connectivity index (χ3n) is 3.85. The minimum absolute atomic E-state index is 0.0377. The van der Waals surface area contributed by atoms with Gasteiger partial charge in [-0.3, -0.25) is 19.3 Å². The number of rotatable bonds is 5. The van der Waals surface area contributed by atoms with E-state index in [0.717, 1.165) is 4.90 Å². The van der Waals surface area contributed by atoms with Crippen molar-refractivity contribution in [2.24, 2.45) is 0 Å². The number of carbonyl (C=O) groups excluding carboxylic acids is 3. The third-order valence-corrected chi connectivity index (χ3v) is 5.28. The summed E-state index contributed by atoms with van der Waals surface area (Å²) in [5, 5.41) is 12.3. The number of nitrogens with zero attached hydrogens (tertiary/aromatic N) is 1. The third kappa shape index (κ3) is 4.84. The molecule has 0 bridgehead atoms. The van der Waals surface area contributed by atoms with Gasteiger partial charge in [-0.05, 0) is 53.7 Å². The summed E-state index contributed by atoms with van der Waals surface area (Å²) >= 11 is 12.5. The highest BCUT2D eigenvalue weighted by molar-refractivity contribution is 8.18. The molecule has 0 aliphatic carbocycles. The molecule has 0 atom stereocenters. The summed E-state index contributed by atoms with van der Waals surface area (Å²) in [5.74, 6) is -1.24. The van der Waals surface area contributed by atoms with Crippen molar-refractivity contribution in [1.82, 2.24) is 4.90 Å². The minimum atomic E-state index is -0.607. The van der Waals surface area contributed by atoms with Crippen molar-refractivity contribution >= 4 is 63.8 Å². The van der Waals surface area contributed by atoms with Crippen LogP contribution in [0.15, 0.2) is 41.3 Å². The first kappa shape index (κ1) is 21.0. The van der Waals surface area contributed by atoms with Crippen LogP contribution in [0.2, 0.25) is 10.0 Å². The number of phenolic OH excluding ortho intramolecular Hbond substituents is 1. The largest absolute Gasteiger partial charge is 0.503 e. The van der Waals surface area contributed by atoms with E-state index in [0.29, 0.717) is 28.0 Å². The lowest BCUT2D eigenvalue weighted by molar-refractivity contribution is -0.127. The molecule has 0 spiro atoms. The Morgan fingerprint density at radius 3 is 2.72 bits per heavy atom. The summed E-state index contributed by atoms with van der Waals surface area (Å²) in [6.07, 6.45) is 1.44. The zero-order valence-electron chi connectivity index (χ0n) is 14.9. The summed E-state index contributed by atoms with van der Waals surface area (Å²) in [6, 6.07) is 9.41.